The number of fused-ring (bicyclic) bond motifs is 3. The minimum atomic E-state index is -0.291. The van der Waals surface area contributed by atoms with Crippen molar-refractivity contribution in [1.29, 1.82) is 0 Å². The molecular weight excluding hydrogens is 315 g/mol. The molecule has 0 saturated heterocycles. The molecule has 2 aromatic carbocycles. The van der Waals surface area contributed by atoms with Crippen molar-refractivity contribution in [2.24, 2.45) is 5.92 Å². The maximum atomic E-state index is 13.2. The van der Waals surface area contributed by atoms with Crippen molar-refractivity contribution in [3.8, 4) is 0 Å². The molecule has 0 radical (unpaired) electrons. The van der Waals surface area contributed by atoms with Crippen molar-refractivity contribution in [3.63, 3.8) is 0 Å². The van der Waals surface area contributed by atoms with E-state index in [2.05, 4.69) is 17.2 Å². The number of aryl methyl sites for hydroxylation is 1. The Morgan fingerprint density at radius 2 is 2.16 bits per heavy atom. The Morgan fingerprint density at radius 3 is 3.00 bits per heavy atom. The van der Waals surface area contributed by atoms with E-state index in [0.717, 1.165) is 29.3 Å². The lowest BCUT2D eigenvalue weighted by Gasteiger charge is -2.18. The number of aromatic nitrogens is 1. The molecule has 1 aromatic heterocycles. The lowest BCUT2D eigenvalue weighted by atomic mass is 9.87. The molecule has 4 heteroatoms. The highest BCUT2D eigenvalue weighted by molar-refractivity contribution is 5.99. The number of halogens is 1. The molecule has 0 bridgehead atoms. The zero-order valence-electron chi connectivity index (χ0n) is 14.2. The van der Waals surface area contributed by atoms with E-state index in [9.17, 15) is 9.18 Å². The predicted octanol–water partition coefficient (Wildman–Crippen LogP) is 4.36. The van der Waals surface area contributed by atoms with Gasteiger partial charge in [-0.15, -0.1) is 0 Å². The van der Waals surface area contributed by atoms with Crippen LogP contribution in [0.3, 0.4) is 0 Å². The summed E-state index contributed by atoms with van der Waals surface area (Å²) in [7, 11) is 0. The number of carbonyl (C=O) groups is 1. The van der Waals surface area contributed by atoms with Crippen molar-refractivity contribution in [2.75, 3.05) is 0 Å². The second-order valence-corrected chi connectivity index (χ2v) is 7.00. The monoisotopic (exact) mass is 336 g/mol. The SMILES string of the molecule is CC1CCc2[nH]c3ccc(C(=O)NCc4cccc(F)c4)cc3c2C1. The molecule has 1 aliphatic rings. The van der Waals surface area contributed by atoms with Crippen LogP contribution >= 0.6 is 0 Å². The summed E-state index contributed by atoms with van der Waals surface area (Å²) in [4.78, 5) is 16.0. The van der Waals surface area contributed by atoms with E-state index in [0.29, 0.717) is 18.0 Å². The number of carbonyl (C=O) groups excluding carboxylic acids is 1. The molecule has 1 heterocycles. The first kappa shape index (κ1) is 15.9. The van der Waals surface area contributed by atoms with Crippen LogP contribution in [0.15, 0.2) is 42.5 Å². The van der Waals surface area contributed by atoms with Gasteiger partial charge in [0, 0.05) is 28.7 Å². The van der Waals surface area contributed by atoms with Gasteiger partial charge in [-0.1, -0.05) is 19.1 Å². The van der Waals surface area contributed by atoms with Gasteiger partial charge in [0.05, 0.1) is 0 Å². The molecule has 0 aliphatic heterocycles. The summed E-state index contributed by atoms with van der Waals surface area (Å²) in [6.07, 6.45) is 3.34. The average Bonchev–Trinajstić information content (AvgIpc) is 2.97. The van der Waals surface area contributed by atoms with E-state index in [4.69, 9.17) is 0 Å². The number of nitrogens with one attached hydrogen (secondary N) is 2. The smallest absolute Gasteiger partial charge is 0.251 e. The van der Waals surface area contributed by atoms with Gasteiger partial charge in [-0.25, -0.2) is 4.39 Å². The molecule has 3 nitrogen and oxygen atoms in total. The summed E-state index contributed by atoms with van der Waals surface area (Å²) in [5.41, 5.74) is 5.16. The van der Waals surface area contributed by atoms with E-state index in [1.54, 1.807) is 12.1 Å². The molecule has 1 aliphatic carbocycles. The van der Waals surface area contributed by atoms with E-state index >= 15 is 0 Å². The summed E-state index contributed by atoms with van der Waals surface area (Å²) >= 11 is 0. The Morgan fingerprint density at radius 1 is 1.28 bits per heavy atom. The topological polar surface area (TPSA) is 44.9 Å². The van der Waals surface area contributed by atoms with Crippen LogP contribution in [0.5, 0.6) is 0 Å². The van der Waals surface area contributed by atoms with Gasteiger partial charge in [0.25, 0.3) is 5.91 Å². The standard InChI is InChI=1S/C21H21FN2O/c1-13-5-7-19-17(9-13)18-11-15(6-8-20(18)24-19)21(25)23-12-14-3-2-4-16(22)10-14/h2-4,6,8,10-11,13,24H,5,7,9,12H2,1H3,(H,23,25). The van der Waals surface area contributed by atoms with E-state index < -0.39 is 0 Å². The molecule has 128 valence electrons. The number of rotatable bonds is 3. The highest BCUT2D eigenvalue weighted by atomic mass is 19.1. The van der Waals surface area contributed by atoms with Gasteiger partial charge in [-0.05, 0) is 66.6 Å². The summed E-state index contributed by atoms with van der Waals surface area (Å²) in [6, 6.07) is 12.1. The molecule has 25 heavy (non-hydrogen) atoms. The molecule has 1 atom stereocenters. The van der Waals surface area contributed by atoms with Crippen molar-refractivity contribution in [2.45, 2.75) is 32.7 Å². The lowest BCUT2D eigenvalue weighted by molar-refractivity contribution is 0.0951. The number of H-pyrrole nitrogens is 1. The molecule has 0 saturated carbocycles. The van der Waals surface area contributed by atoms with Crippen LogP contribution in [-0.2, 0) is 19.4 Å². The quantitative estimate of drug-likeness (QED) is 0.733. The van der Waals surface area contributed by atoms with Crippen LogP contribution in [0.2, 0.25) is 0 Å². The normalized spacial score (nSPS) is 16.6. The zero-order chi connectivity index (χ0) is 17.4. The van der Waals surface area contributed by atoms with Gasteiger partial charge < -0.3 is 10.3 Å². The van der Waals surface area contributed by atoms with E-state index in [1.165, 1.54) is 29.8 Å². The van der Waals surface area contributed by atoms with Crippen molar-refractivity contribution >= 4 is 16.8 Å². The Labute approximate surface area is 146 Å². The summed E-state index contributed by atoms with van der Waals surface area (Å²) in [6.45, 7) is 2.59. The largest absolute Gasteiger partial charge is 0.358 e. The molecule has 0 spiro atoms. The van der Waals surface area contributed by atoms with Crippen LogP contribution in [0.1, 0.15) is 40.5 Å². The number of benzene rings is 2. The number of hydrogen-bond acceptors (Lipinski definition) is 1. The summed E-state index contributed by atoms with van der Waals surface area (Å²) < 4.78 is 13.2. The lowest BCUT2D eigenvalue weighted by Crippen LogP contribution is -2.22. The fraction of sp³-hybridized carbons (Fsp3) is 0.286. The first-order valence-corrected chi connectivity index (χ1v) is 8.76. The Hall–Kier alpha value is -2.62. The fourth-order valence-electron chi connectivity index (χ4n) is 3.66. The molecule has 1 unspecified atom stereocenters. The second-order valence-electron chi connectivity index (χ2n) is 7.00. The molecule has 0 fully saturated rings. The Balaban J connectivity index is 1.56. The van der Waals surface area contributed by atoms with Crippen LogP contribution in [-0.4, -0.2) is 10.9 Å². The maximum absolute atomic E-state index is 13.2. The first-order valence-electron chi connectivity index (χ1n) is 8.76. The van der Waals surface area contributed by atoms with Crippen molar-refractivity contribution < 1.29 is 9.18 Å². The molecule has 2 N–H and O–H groups in total. The minimum absolute atomic E-state index is 0.134. The Kier molecular flexibility index (Phi) is 4.04. The van der Waals surface area contributed by atoms with E-state index in [-0.39, 0.29) is 11.7 Å². The van der Waals surface area contributed by atoms with Gasteiger partial charge >= 0.3 is 0 Å². The molecule has 1 amide bonds. The zero-order valence-corrected chi connectivity index (χ0v) is 14.2. The van der Waals surface area contributed by atoms with Gasteiger partial charge in [0.2, 0.25) is 0 Å². The Bertz CT molecular complexity index is 944. The highest BCUT2D eigenvalue weighted by Crippen LogP contribution is 2.32. The third-order valence-electron chi connectivity index (χ3n) is 5.04. The van der Waals surface area contributed by atoms with Crippen LogP contribution in [0, 0.1) is 11.7 Å². The second kappa shape index (κ2) is 6.36. The van der Waals surface area contributed by atoms with Gasteiger partial charge in [-0.2, -0.15) is 0 Å². The molecule has 4 rings (SSSR count). The minimum Gasteiger partial charge on any atom is -0.358 e. The summed E-state index contributed by atoms with van der Waals surface area (Å²) in [5, 5.41) is 4.03. The third kappa shape index (κ3) is 3.16. The predicted molar refractivity (Wildman–Crippen MR) is 97.1 cm³/mol. The fourth-order valence-corrected chi connectivity index (χ4v) is 3.66. The van der Waals surface area contributed by atoms with Crippen LogP contribution in [0.25, 0.3) is 10.9 Å². The van der Waals surface area contributed by atoms with Crippen LogP contribution in [0.4, 0.5) is 4.39 Å². The first-order chi connectivity index (χ1) is 12.1. The molecule has 3 aromatic rings. The van der Waals surface area contributed by atoms with Gasteiger partial charge in [0.1, 0.15) is 5.82 Å². The maximum Gasteiger partial charge on any atom is 0.251 e. The summed E-state index contributed by atoms with van der Waals surface area (Å²) in [5.74, 6) is 0.253. The average molecular weight is 336 g/mol. The van der Waals surface area contributed by atoms with E-state index in [1.807, 2.05) is 18.2 Å². The van der Waals surface area contributed by atoms with Gasteiger partial charge in [0.15, 0.2) is 0 Å². The van der Waals surface area contributed by atoms with Gasteiger partial charge in [-0.3, -0.25) is 4.79 Å². The number of hydrogen-bond donors (Lipinski definition) is 2. The number of aromatic amines is 1. The number of amides is 1. The third-order valence-corrected chi connectivity index (χ3v) is 5.04. The van der Waals surface area contributed by atoms with Crippen molar-refractivity contribution in [1.82, 2.24) is 10.3 Å². The van der Waals surface area contributed by atoms with Crippen LogP contribution < -0.4 is 5.32 Å². The highest BCUT2D eigenvalue weighted by Gasteiger charge is 2.20. The molecular formula is C21H21FN2O. The van der Waals surface area contributed by atoms with Crippen molar-refractivity contribution in [3.05, 3.63) is 70.7 Å².